The highest BCUT2D eigenvalue weighted by Gasteiger charge is 2.08. The summed E-state index contributed by atoms with van der Waals surface area (Å²) in [4.78, 5) is 0. The van der Waals surface area contributed by atoms with Crippen LogP contribution in [0.4, 0.5) is 0 Å². The number of aryl methyl sites for hydroxylation is 2. The smallest absolute Gasteiger partial charge is 0.142 e. The SMILES string of the molecule is CNCc1cccc(Cl)c1OCc1cc(C)cc(C)c1. The van der Waals surface area contributed by atoms with E-state index >= 15 is 0 Å². The average Bonchev–Trinajstić information content (AvgIpc) is 2.37. The third-order valence-electron chi connectivity index (χ3n) is 3.08. The van der Waals surface area contributed by atoms with Gasteiger partial charge in [0.05, 0.1) is 5.02 Å². The van der Waals surface area contributed by atoms with Crippen molar-refractivity contribution in [1.82, 2.24) is 5.32 Å². The standard InChI is InChI=1S/C17H20ClNO/c1-12-7-13(2)9-14(8-12)11-20-17-15(10-19-3)5-4-6-16(17)18/h4-9,19H,10-11H2,1-3H3. The highest BCUT2D eigenvalue weighted by atomic mass is 35.5. The molecule has 0 fully saturated rings. The fourth-order valence-corrected chi connectivity index (χ4v) is 2.60. The lowest BCUT2D eigenvalue weighted by Crippen LogP contribution is -2.08. The van der Waals surface area contributed by atoms with Crippen molar-refractivity contribution < 1.29 is 4.74 Å². The molecule has 20 heavy (non-hydrogen) atoms. The lowest BCUT2D eigenvalue weighted by atomic mass is 10.1. The molecule has 0 aliphatic carbocycles. The van der Waals surface area contributed by atoms with Crippen molar-refractivity contribution in [2.75, 3.05) is 7.05 Å². The number of benzene rings is 2. The third-order valence-corrected chi connectivity index (χ3v) is 3.38. The van der Waals surface area contributed by atoms with E-state index in [4.69, 9.17) is 16.3 Å². The number of rotatable bonds is 5. The summed E-state index contributed by atoms with van der Waals surface area (Å²) >= 11 is 6.24. The van der Waals surface area contributed by atoms with Crippen LogP contribution in [-0.4, -0.2) is 7.05 Å². The van der Waals surface area contributed by atoms with Gasteiger partial charge in [0.2, 0.25) is 0 Å². The second kappa shape index (κ2) is 6.78. The Morgan fingerprint density at radius 3 is 2.45 bits per heavy atom. The van der Waals surface area contributed by atoms with Crippen LogP contribution >= 0.6 is 11.6 Å². The van der Waals surface area contributed by atoms with Gasteiger partial charge in [0.25, 0.3) is 0 Å². The predicted molar refractivity (Wildman–Crippen MR) is 84.5 cm³/mol. The Morgan fingerprint density at radius 1 is 1.10 bits per heavy atom. The molecule has 2 rings (SSSR count). The number of halogens is 1. The van der Waals surface area contributed by atoms with Gasteiger partial charge in [-0.1, -0.05) is 53.1 Å². The van der Waals surface area contributed by atoms with Gasteiger partial charge in [0, 0.05) is 12.1 Å². The minimum Gasteiger partial charge on any atom is -0.487 e. The second-order valence-corrected chi connectivity index (χ2v) is 5.45. The molecule has 0 bridgehead atoms. The largest absolute Gasteiger partial charge is 0.487 e. The summed E-state index contributed by atoms with van der Waals surface area (Å²) in [5.74, 6) is 0.766. The van der Waals surface area contributed by atoms with E-state index in [2.05, 4.69) is 37.4 Å². The molecule has 0 atom stereocenters. The van der Waals surface area contributed by atoms with Crippen molar-refractivity contribution in [2.24, 2.45) is 0 Å². The van der Waals surface area contributed by atoms with Gasteiger partial charge in [0.1, 0.15) is 12.4 Å². The normalized spacial score (nSPS) is 10.6. The van der Waals surface area contributed by atoms with Gasteiger partial charge in [-0.2, -0.15) is 0 Å². The molecule has 2 aromatic carbocycles. The zero-order valence-electron chi connectivity index (χ0n) is 12.2. The summed E-state index contributed by atoms with van der Waals surface area (Å²) < 4.78 is 5.94. The van der Waals surface area contributed by atoms with Crippen LogP contribution in [0.25, 0.3) is 0 Å². The van der Waals surface area contributed by atoms with E-state index in [1.807, 2.05) is 25.2 Å². The fourth-order valence-electron chi connectivity index (χ4n) is 2.35. The minimum atomic E-state index is 0.531. The van der Waals surface area contributed by atoms with E-state index in [-0.39, 0.29) is 0 Å². The Balaban J connectivity index is 2.18. The van der Waals surface area contributed by atoms with Crippen molar-refractivity contribution in [3.8, 4) is 5.75 Å². The number of nitrogens with one attached hydrogen (secondary N) is 1. The molecular weight excluding hydrogens is 270 g/mol. The number of ether oxygens (including phenoxy) is 1. The molecule has 0 heterocycles. The third kappa shape index (κ3) is 3.75. The molecule has 0 unspecified atom stereocenters. The monoisotopic (exact) mass is 289 g/mol. The highest BCUT2D eigenvalue weighted by molar-refractivity contribution is 6.32. The highest BCUT2D eigenvalue weighted by Crippen LogP contribution is 2.29. The van der Waals surface area contributed by atoms with Gasteiger partial charge in [-0.05, 0) is 32.5 Å². The lowest BCUT2D eigenvalue weighted by Gasteiger charge is -2.13. The molecule has 0 amide bonds. The Hall–Kier alpha value is -1.51. The molecular formula is C17H20ClNO. The summed E-state index contributed by atoms with van der Waals surface area (Å²) in [5, 5.41) is 3.78. The van der Waals surface area contributed by atoms with Crippen LogP contribution in [0.5, 0.6) is 5.75 Å². The first kappa shape index (κ1) is 14.9. The van der Waals surface area contributed by atoms with E-state index in [0.717, 1.165) is 23.4 Å². The summed E-state index contributed by atoms with van der Waals surface area (Å²) in [5.41, 5.74) is 4.73. The van der Waals surface area contributed by atoms with Crippen molar-refractivity contribution in [2.45, 2.75) is 27.0 Å². The van der Waals surface area contributed by atoms with E-state index in [9.17, 15) is 0 Å². The molecule has 0 aliphatic rings. The molecule has 0 spiro atoms. The molecule has 2 nitrogen and oxygen atoms in total. The van der Waals surface area contributed by atoms with Crippen LogP contribution < -0.4 is 10.1 Å². The Kier molecular flexibility index (Phi) is 5.05. The molecule has 0 aliphatic heterocycles. The molecule has 106 valence electrons. The van der Waals surface area contributed by atoms with Gasteiger partial charge >= 0.3 is 0 Å². The zero-order chi connectivity index (χ0) is 14.5. The van der Waals surface area contributed by atoms with Gasteiger partial charge in [0.15, 0.2) is 0 Å². The molecule has 0 aromatic heterocycles. The molecule has 0 radical (unpaired) electrons. The van der Waals surface area contributed by atoms with Crippen LogP contribution in [0, 0.1) is 13.8 Å². The van der Waals surface area contributed by atoms with Gasteiger partial charge in [-0.15, -0.1) is 0 Å². The van der Waals surface area contributed by atoms with Gasteiger partial charge in [-0.25, -0.2) is 0 Å². The van der Waals surface area contributed by atoms with E-state index < -0.39 is 0 Å². The fraction of sp³-hybridized carbons (Fsp3) is 0.294. The second-order valence-electron chi connectivity index (χ2n) is 5.04. The maximum Gasteiger partial charge on any atom is 0.142 e. The molecule has 0 saturated heterocycles. The van der Waals surface area contributed by atoms with Crippen LogP contribution in [0.1, 0.15) is 22.3 Å². The Labute approximate surface area is 125 Å². The number of para-hydroxylation sites is 1. The lowest BCUT2D eigenvalue weighted by molar-refractivity contribution is 0.302. The predicted octanol–water partition coefficient (Wildman–Crippen LogP) is 4.26. The van der Waals surface area contributed by atoms with Crippen LogP contribution in [-0.2, 0) is 13.2 Å². The van der Waals surface area contributed by atoms with Crippen molar-refractivity contribution in [3.63, 3.8) is 0 Å². The number of hydrogen-bond donors (Lipinski definition) is 1. The van der Waals surface area contributed by atoms with Crippen LogP contribution in [0.15, 0.2) is 36.4 Å². The van der Waals surface area contributed by atoms with E-state index in [1.165, 1.54) is 11.1 Å². The average molecular weight is 290 g/mol. The van der Waals surface area contributed by atoms with Crippen LogP contribution in [0.3, 0.4) is 0 Å². The summed E-state index contributed by atoms with van der Waals surface area (Å²) in [7, 11) is 1.91. The Bertz CT molecular complexity index is 575. The number of hydrogen-bond acceptors (Lipinski definition) is 2. The summed E-state index contributed by atoms with van der Waals surface area (Å²) in [6.45, 7) is 5.46. The van der Waals surface area contributed by atoms with Crippen molar-refractivity contribution in [1.29, 1.82) is 0 Å². The van der Waals surface area contributed by atoms with Gasteiger partial charge < -0.3 is 10.1 Å². The van der Waals surface area contributed by atoms with E-state index in [1.54, 1.807) is 0 Å². The molecule has 2 aromatic rings. The van der Waals surface area contributed by atoms with Gasteiger partial charge in [-0.3, -0.25) is 0 Å². The molecule has 3 heteroatoms. The minimum absolute atomic E-state index is 0.531. The first-order chi connectivity index (χ1) is 9.60. The molecule has 0 saturated carbocycles. The maximum atomic E-state index is 6.24. The topological polar surface area (TPSA) is 21.3 Å². The maximum absolute atomic E-state index is 6.24. The Morgan fingerprint density at radius 2 is 1.80 bits per heavy atom. The summed E-state index contributed by atoms with van der Waals surface area (Å²) in [6, 6.07) is 12.3. The first-order valence-electron chi connectivity index (χ1n) is 6.72. The van der Waals surface area contributed by atoms with E-state index in [0.29, 0.717) is 11.6 Å². The van der Waals surface area contributed by atoms with Crippen molar-refractivity contribution >= 4 is 11.6 Å². The quantitative estimate of drug-likeness (QED) is 0.888. The van der Waals surface area contributed by atoms with Crippen molar-refractivity contribution in [3.05, 3.63) is 63.7 Å². The van der Waals surface area contributed by atoms with Crippen LogP contribution in [0.2, 0.25) is 5.02 Å². The molecule has 1 N–H and O–H groups in total. The summed E-state index contributed by atoms with van der Waals surface area (Å²) in [6.07, 6.45) is 0. The first-order valence-corrected chi connectivity index (χ1v) is 7.10. The zero-order valence-corrected chi connectivity index (χ0v) is 12.9.